The van der Waals surface area contributed by atoms with Crippen LogP contribution in [0.1, 0.15) is 8.22 Å². The Morgan fingerprint density at radius 2 is 1.23 bits per heavy atom. The Hall–Kier alpha value is -5.65. The van der Waals surface area contributed by atoms with Crippen LogP contribution in [0.5, 0.6) is 0 Å². The van der Waals surface area contributed by atoms with Crippen LogP contribution in [0.3, 0.4) is 0 Å². The highest BCUT2D eigenvalue weighted by Crippen LogP contribution is 2.41. The van der Waals surface area contributed by atoms with Crippen LogP contribution in [0.4, 0.5) is 0 Å². The number of hydrogen-bond acceptors (Lipinski definition) is 5. The Kier molecular flexibility index (Phi) is 4.42. The molecule has 6 aromatic carbocycles. The zero-order chi connectivity index (χ0) is 34.3. The molecular formula is C39H23N3OS. The van der Waals surface area contributed by atoms with Gasteiger partial charge in [0.25, 0.3) is 0 Å². The van der Waals surface area contributed by atoms with Gasteiger partial charge < -0.3 is 4.42 Å². The van der Waals surface area contributed by atoms with Gasteiger partial charge in [-0.15, -0.1) is 11.3 Å². The maximum absolute atomic E-state index is 9.50. The summed E-state index contributed by atoms with van der Waals surface area (Å²) in [7, 11) is 0. The zero-order valence-corrected chi connectivity index (χ0v) is 23.8. The molecule has 0 atom stereocenters. The van der Waals surface area contributed by atoms with Crippen LogP contribution < -0.4 is 0 Å². The average molecular weight is 588 g/mol. The molecule has 0 saturated heterocycles. The lowest BCUT2D eigenvalue weighted by Crippen LogP contribution is -2.00. The molecule has 0 amide bonds. The van der Waals surface area contributed by atoms with Crippen molar-refractivity contribution in [2.24, 2.45) is 0 Å². The average Bonchev–Trinajstić information content (AvgIpc) is 3.74. The molecule has 0 aliphatic carbocycles. The molecule has 3 aromatic heterocycles. The van der Waals surface area contributed by atoms with Crippen LogP contribution in [0.2, 0.25) is 0 Å². The van der Waals surface area contributed by atoms with Crippen molar-refractivity contribution >= 4 is 53.4 Å². The Morgan fingerprint density at radius 1 is 0.523 bits per heavy atom. The SMILES string of the molecule is [2H]c1c([2H])c([2H])c2c(sc3c([2H])c(-c4nc(-c5ccccc5)nc(-c5cccc6oc7ccccc7c56)n4)c([2H])c([2H])c32)c1-c1ccccc1. The fourth-order valence-corrected chi connectivity index (χ4v) is 6.76. The third-order valence-electron chi connectivity index (χ3n) is 7.66. The fraction of sp³-hybridized carbons (Fsp3) is 0. The number of aromatic nitrogens is 3. The van der Waals surface area contributed by atoms with Gasteiger partial charge in [0.05, 0.1) is 8.22 Å². The smallest absolute Gasteiger partial charge is 0.164 e. The van der Waals surface area contributed by atoms with E-state index in [9.17, 15) is 4.11 Å². The van der Waals surface area contributed by atoms with Crippen LogP contribution in [0.15, 0.2) is 144 Å². The number of nitrogens with zero attached hydrogens (tertiary/aromatic N) is 3. The summed E-state index contributed by atoms with van der Waals surface area (Å²) in [5.74, 6) is 0.734. The number of benzene rings is 6. The van der Waals surface area contributed by atoms with Crippen molar-refractivity contribution in [3.05, 3.63) is 139 Å². The quantitative estimate of drug-likeness (QED) is 0.205. The Balaban J connectivity index is 1.36. The molecule has 0 aliphatic heterocycles. The van der Waals surface area contributed by atoms with Crippen molar-refractivity contribution in [3.63, 3.8) is 0 Å². The highest BCUT2D eigenvalue weighted by molar-refractivity contribution is 7.26. The Labute approximate surface area is 265 Å². The van der Waals surface area contributed by atoms with Crippen molar-refractivity contribution < 1.29 is 12.6 Å². The van der Waals surface area contributed by atoms with Crippen LogP contribution in [-0.2, 0) is 0 Å². The fourth-order valence-electron chi connectivity index (χ4n) is 5.62. The van der Waals surface area contributed by atoms with Gasteiger partial charge in [-0.1, -0.05) is 121 Å². The van der Waals surface area contributed by atoms with Gasteiger partial charge in [0.1, 0.15) is 11.2 Å². The summed E-state index contributed by atoms with van der Waals surface area (Å²) in [6, 6.07) is 30.9. The molecule has 3 heterocycles. The Bertz CT molecular complexity index is 2840. The van der Waals surface area contributed by atoms with Gasteiger partial charge in [0, 0.05) is 47.6 Å². The molecule has 9 rings (SSSR count). The van der Waals surface area contributed by atoms with Crippen molar-refractivity contribution in [1.29, 1.82) is 0 Å². The van der Waals surface area contributed by atoms with Crippen LogP contribution in [0.25, 0.3) is 87.4 Å². The number of rotatable bonds is 4. The van der Waals surface area contributed by atoms with Crippen LogP contribution >= 0.6 is 11.3 Å². The summed E-state index contributed by atoms with van der Waals surface area (Å²) in [6.45, 7) is 0. The normalized spacial score (nSPS) is 13.5. The monoisotopic (exact) mass is 587 g/mol. The lowest BCUT2D eigenvalue weighted by atomic mass is 10.0. The molecule has 0 aliphatic rings. The molecule has 0 N–H and O–H groups in total. The molecule has 206 valence electrons. The molecule has 9 aromatic rings. The first-order valence-electron chi connectivity index (χ1n) is 17.1. The minimum atomic E-state index is -0.271. The van der Waals surface area contributed by atoms with E-state index in [0.717, 1.165) is 16.4 Å². The first-order chi connectivity index (χ1) is 24.3. The molecule has 5 heteroatoms. The first-order valence-corrected chi connectivity index (χ1v) is 14.9. The number of fused-ring (bicyclic) bond motifs is 6. The predicted octanol–water partition coefficient (Wildman–Crippen LogP) is 10.8. The minimum absolute atomic E-state index is 0.0594. The van der Waals surface area contributed by atoms with Crippen LogP contribution in [-0.4, -0.2) is 15.0 Å². The summed E-state index contributed by atoms with van der Waals surface area (Å²) < 4.78 is 61.3. The van der Waals surface area contributed by atoms with E-state index in [2.05, 4.69) is 0 Å². The van der Waals surface area contributed by atoms with Gasteiger partial charge in [-0.3, -0.25) is 0 Å². The van der Waals surface area contributed by atoms with E-state index in [4.69, 9.17) is 23.5 Å². The number of hydrogen-bond donors (Lipinski definition) is 0. The summed E-state index contributed by atoms with van der Waals surface area (Å²) >= 11 is 1.19. The van der Waals surface area contributed by atoms with E-state index in [1.165, 1.54) is 11.3 Å². The molecule has 4 nitrogen and oxygen atoms in total. The lowest BCUT2D eigenvalue weighted by molar-refractivity contribution is 0.669. The molecule has 0 radical (unpaired) electrons. The summed E-state index contributed by atoms with van der Waals surface area (Å²) in [5.41, 5.74) is 4.01. The Morgan fingerprint density at radius 3 is 2.07 bits per heavy atom. The molecule has 0 spiro atoms. The lowest BCUT2D eigenvalue weighted by Gasteiger charge is -2.09. The standard InChI is InChI=1S/C39H23N3OS/c1-3-11-24(12-4-1)27-16-9-17-29-28-22-21-26(23-34(28)44-36(27)29)38-40-37(25-13-5-2-6-14-25)41-39(42-38)31-18-10-20-33-35(31)30-15-7-8-19-32(30)43-33/h1-23H/i9D,16D,17D,21D,22D,23D. The van der Waals surface area contributed by atoms with E-state index in [-0.39, 0.29) is 53.0 Å². The van der Waals surface area contributed by atoms with Gasteiger partial charge in [-0.2, -0.15) is 0 Å². The third-order valence-corrected chi connectivity index (χ3v) is 8.78. The maximum atomic E-state index is 9.50. The van der Waals surface area contributed by atoms with Gasteiger partial charge in [-0.05, 0) is 29.3 Å². The summed E-state index contributed by atoms with van der Waals surface area (Å²) in [5, 5.41) is 2.26. The number of para-hydroxylation sites is 1. The second-order valence-corrected chi connectivity index (χ2v) is 11.3. The predicted molar refractivity (Wildman–Crippen MR) is 182 cm³/mol. The zero-order valence-electron chi connectivity index (χ0n) is 29.0. The highest BCUT2D eigenvalue weighted by atomic mass is 32.1. The highest BCUT2D eigenvalue weighted by Gasteiger charge is 2.18. The van der Waals surface area contributed by atoms with E-state index in [1.54, 1.807) is 0 Å². The van der Waals surface area contributed by atoms with Gasteiger partial charge in [-0.25, -0.2) is 15.0 Å². The maximum Gasteiger partial charge on any atom is 0.164 e. The second-order valence-electron chi connectivity index (χ2n) is 10.3. The minimum Gasteiger partial charge on any atom is -0.456 e. The van der Waals surface area contributed by atoms with E-state index >= 15 is 0 Å². The van der Waals surface area contributed by atoms with Crippen molar-refractivity contribution in [1.82, 2.24) is 15.0 Å². The van der Waals surface area contributed by atoms with Gasteiger partial charge >= 0.3 is 0 Å². The van der Waals surface area contributed by atoms with Crippen molar-refractivity contribution in [2.45, 2.75) is 0 Å². The third kappa shape index (κ3) is 4.02. The van der Waals surface area contributed by atoms with E-state index in [1.807, 2.05) is 103 Å². The summed E-state index contributed by atoms with van der Waals surface area (Å²) in [4.78, 5) is 14.6. The molecule has 0 unspecified atom stereocenters. The molecule has 44 heavy (non-hydrogen) atoms. The molecule has 0 bridgehead atoms. The van der Waals surface area contributed by atoms with E-state index in [0.29, 0.717) is 54.3 Å². The van der Waals surface area contributed by atoms with Gasteiger partial charge in [0.15, 0.2) is 17.5 Å². The number of thiophene rings is 1. The topological polar surface area (TPSA) is 51.8 Å². The van der Waals surface area contributed by atoms with Crippen LogP contribution in [0, 0.1) is 0 Å². The van der Waals surface area contributed by atoms with E-state index < -0.39 is 0 Å². The number of furan rings is 1. The largest absolute Gasteiger partial charge is 0.456 e. The summed E-state index contributed by atoms with van der Waals surface area (Å²) in [6.07, 6.45) is 0. The second kappa shape index (κ2) is 9.97. The van der Waals surface area contributed by atoms with Crippen molar-refractivity contribution in [2.75, 3.05) is 0 Å². The molecule has 0 fully saturated rings. The molecular weight excluding hydrogens is 559 g/mol. The first kappa shape index (κ1) is 19.5. The van der Waals surface area contributed by atoms with Crippen molar-refractivity contribution in [3.8, 4) is 45.3 Å². The van der Waals surface area contributed by atoms with Gasteiger partial charge in [0.2, 0.25) is 0 Å². The molecule has 0 saturated carbocycles.